The Labute approximate surface area is 191 Å². The maximum atomic E-state index is 13.1. The number of halogens is 7. The zero-order valence-corrected chi connectivity index (χ0v) is 18.2. The summed E-state index contributed by atoms with van der Waals surface area (Å²) in [6.45, 7) is 0.379. The molecule has 3 rings (SSSR count). The van der Waals surface area contributed by atoms with Gasteiger partial charge in [-0.05, 0) is 54.9 Å². The SMILES string of the molecule is CN(Cc1cc(C(F)(F)F)cc(C(F)(F)F)c1)[C@H]1C[C@@H](C(=O)O)N(Cc2cccc(Cl)c2)C1. The van der Waals surface area contributed by atoms with Crippen LogP contribution < -0.4 is 0 Å². The highest BCUT2D eigenvalue weighted by Crippen LogP contribution is 2.37. The highest BCUT2D eigenvalue weighted by molar-refractivity contribution is 6.30. The number of hydrogen-bond acceptors (Lipinski definition) is 3. The van der Waals surface area contributed by atoms with Crippen molar-refractivity contribution in [2.24, 2.45) is 0 Å². The van der Waals surface area contributed by atoms with Gasteiger partial charge in [0.25, 0.3) is 0 Å². The summed E-state index contributed by atoms with van der Waals surface area (Å²) >= 11 is 5.98. The smallest absolute Gasteiger partial charge is 0.416 e. The Morgan fingerprint density at radius 3 is 2.18 bits per heavy atom. The fraction of sp³-hybridized carbons (Fsp3) is 0.409. The number of likely N-dealkylation sites (N-methyl/N-ethyl adjacent to an activating group) is 1. The van der Waals surface area contributed by atoms with Gasteiger partial charge in [-0.2, -0.15) is 26.3 Å². The third-order valence-electron chi connectivity index (χ3n) is 5.64. The second-order valence-corrected chi connectivity index (χ2v) is 8.57. The van der Waals surface area contributed by atoms with E-state index in [-0.39, 0.29) is 37.2 Å². The van der Waals surface area contributed by atoms with Crippen molar-refractivity contribution in [3.8, 4) is 0 Å². The van der Waals surface area contributed by atoms with Crippen LogP contribution in [0.2, 0.25) is 5.02 Å². The van der Waals surface area contributed by atoms with Crippen LogP contribution in [0.4, 0.5) is 26.3 Å². The summed E-state index contributed by atoms with van der Waals surface area (Å²) in [6.07, 6.45) is -9.67. The van der Waals surface area contributed by atoms with Gasteiger partial charge >= 0.3 is 18.3 Å². The topological polar surface area (TPSA) is 43.8 Å². The minimum Gasteiger partial charge on any atom is -0.480 e. The third kappa shape index (κ3) is 6.39. The highest BCUT2D eigenvalue weighted by Gasteiger charge is 2.40. The number of nitrogens with zero attached hydrogens (tertiary/aromatic N) is 2. The van der Waals surface area contributed by atoms with Crippen molar-refractivity contribution in [1.29, 1.82) is 0 Å². The maximum Gasteiger partial charge on any atom is 0.416 e. The lowest BCUT2D eigenvalue weighted by Crippen LogP contribution is -2.36. The first kappa shape index (κ1) is 25.3. The quantitative estimate of drug-likeness (QED) is 0.536. The van der Waals surface area contributed by atoms with E-state index in [0.29, 0.717) is 23.7 Å². The molecule has 0 aliphatic carbocycles. The van der Waals surface area contributed by atoms with E-state index in [2.05, 4.69) is 0 Å². The molecule has 0 saturated carbocycles. The molecule has 2 atom stereocenters. The second-order valence-electron chi connectivity index (χ2n) is 8.13. The first-order valence-electron chi connectivity index (χ1n) is 9.94. The normalized spacial score (nSPS) is 19.9. The molecule has 0 spiro atoms. The van der Waals surface area contributed by atoms with Crippen LogP contribution in [-0.2, 0) is 30.2 Å². The molecule has 0 amide bonds. The summed E-state index contributed by atoms with van der Waals surface area (Å²) in [5.74, 6) is -1.05. The Bertz CT molecular complexity index is 979. The summed E-state index contributed by atoms with van der Waals surface area (Å²) in [7, 11) is 1.56. The van der Waals surface area contributed by atoms with Gasteiger partial charge < -0.3 is 5.11 Å². The molecule has 1 fully saturated rings. The Balaban J connectivity index is 1.79. The molecular formula is C22H21ClF6N2O2. The number of carboxylic acid groups (broad SMARTS) is 1. The number of likely N-dealkylation sites (tertiary alicyclic amines) is 1. The molecule has 11 heteroatoms. The van der Waals surface area contributed by atoms with Gasteiger partial charge in [0.2, 0.25) is 0 Å². The summed E-state index contributed by atoms with van der Waals surface area (Å²) in [5, 5.41) is 10.1. The second kappa shape index (κ2) is 9.52. The molecule has 0 radical (unpaired) electrons. The summed E-state index contributed by atoms with van der Waals surface area (Å²) in [4.78, 5) is 15.1. The zero-order chi connectivity index (χ0) is 24.6. The Hall–Kier alpha value is -2.30. The van der Waals surface area contributed by atoms with E-state index in [0.717, 1.165) is 5.56 Å². The van der Waals surface area contributed by atoms with Crippen molar-refractivity contribution in [1.82, 2.24) is 9.80 Å². The highest BCUT2D eigenvalue weighted by atomic mass is 35.5. The first-order valence-corrected chi connectivity index (χ1v) is 10.3. The lowest BCUT2D eigenvalue weighted by atomic mass is 10.0. The van der Waals surface area contributed by atoms with Crippen molar-refractivity contribution in [3.05, 3.63) is 69.7 Å². The van der Waals surface area contributed by atoms with Gasteiger partial charge in [0, 0.05) is 30.7 Å². The van der Waals surface area contributed by atoms with Crippen molar-refractivity contribution >= 4 is 17.6 Å². The van der Waals surface area contributed by atoms with Crippen molar-refractivity contribution in [3.63, 3.8) is 0 Å². The number of benzene rings is 2. The van der Waals surface area contributed by atoms with E-state index in [1.54, 1.807) is 41.1 Å². The predicted molar refractivity (Wildman–Crippen MR) is 110 cm³/mol. The standard InChI is InChI=1S/C22H21ClF6N2O2/c1-30(10-14-5-15(21(24,25)26)8-16(6-14)22(27,28)29)18-9-19(20(32)33)31(12-18)11-13-3-2-4-17(23)7-13/h2-8,18-19H,9-12H2,1H3,(H,32,33)/t18-,19-/m0/s1. The molecule has 0 unspecified atom stereocenters. The molecule has 0 aromatic heterocycles. The van der Waals surface area contributed by atoms with E-state index in [9.17, 15) is 36.2 Å². The average molecular weight is 495 g/mol. The van der Waals surface area contributed by atoms with Crippen LogP contribution in [0, 0.1) is 0 Å². The molecule has 1 aliphatic rings. The van der Waals surface area contributed by atoms with Gasteiger partial charge in [-0.1, -0.05) is 23.7 Å². The average Bonchev–Trinajstić information content (AvgIpc) is 3.10. The molecule has 180 valence electrons. The van der Waals surface area contributed by atoms with Crippen LogP contribution in [0.25, 0.3) is 0 Å². The molecule has 2 aromatic carbocycles. The Morgan fingerprint density at radius 2 is 1.67 bits per heavy atom. The lowest BCUT2D eigenvalue weighted by molar-refractivity contribution is -0.144. The van der Waals surface area contributed by atoms with Crippen molar-refractivity contribution in [2.75, 3.05) is 13.6 Å². The van der Waals surface area contributed by atoms with Gasteiger partial charge in [0.15, 0.2) is 0 Å². The minimum atomic E-state index is -4.93. The van der Waals surface area contributed by atoms with Crippen LogP contribution in [0.1, 0.15) is 28.7 Å². The largest absolute Gasteiger partial charge is 0.480 e. The molecule has 0 bridgehead atoms. The van der Waals surface area contributed by atoms with Crippen LogP contribution >= 0.6 is 11.6 Å². The Kier molecular flexibility index (Phi) is 7.30. The number of aliphatic carboxylic acids is 1. The molecule has 1 saturated heterocycles. The zero-order valence-electron chi connectivity index (χ0n) is 17.4. The van der Waals surface area contributed by atoms with Crippen LogP contribution in [0.15, 0.2) is 42.5 Å². The van der Waals surface area contributed by atoms with Gasteiger partial charge in [-0.25, -0.2) is 0 Å². The van der Waals surface area contributed by atoms with E-state index in [1.807, 2.05) is 0 Å². The van der Waals surface area contributed by atoms with Gasteiger partial charge in [0.05, 0.1) is 11.1 Å². The summed E-state index contributed by atoms with van der Waals surface area (Å²) in [5.41, 5.74) is -2.11. The van der Waals surface area contributed by atoms with Gasteiger partial charge in [-0.3, -0.25) is 14.6 Å². The fourth-order valence-electron chi connectivity index (χ4n) is 4.03. The number of alkyl halides is 6. The third-order valence-corrected chi connectivity index (χ3v) is 5.88. The van der Waals surface area contributed by atoms with Gasteiger partial charge in [-0.15, -0.1) is 0 Å². The summed E-state index contributed by atoms with van der Waals surface area (Å²) < 4.78 is 78.8. The predicted octanol–water partition coefficient (Wildman–Crippen LogP) is 5.54. The fourth-order valence-corrected chi connectivity index (χ4v) is 4.24. The number of rotatable bonds is 6. The molecular weight excluding hydrogens is 474 g/mol. The number of carboxylic acids is 1. The van der Waals surface area contributed by atoms with Crippen molar-refractivity contribution in [2.45, 2.75) is 43.9 Å². The molecule has 33 heavy (non-hydrogen) atoms. The van der Waals surface area contributed by atoms with Crippen LogP contribution in [-0.4, -0.2) is 46.6 Å². The van der Waals surface area contributed by atoms with E-state index < -0.39 is 35.5 Å². The maximum absolute atomic E-state index is 13.1. The Morgan fingerprint density at radius 1 is 1.06 bits per heavy atom. The van der Waals surface area contributed by atoms with E-state index >= 15 is 0 Å². The minimum absolute atomic E-state index is 0.0895. The summed E-state index contributed by atoms with van der Waals surface area (Å²) in [6, 6.07) is 7.17. The molecule has 1 heterocycles. The lowest BCUT2D eigenvalue weighted by Gasteiger charge is -2.25. The first-order chi connectivity index (χ1) is 15.2. The number of hydrogen-bond donors (Lipinski definition) is 1. The molecule has 1 N–H and O–H groups in total. The molecule has 2 aromatic rings. The van der Waals surface area contributed by atoms with E-state index in [4.69, 9.17) is 11.6 Å². The van der Waals surface area contributed by atoms with Crippen molar-refractivity contribution < 1.29 is 36.2 Å². The van der Waals surface area contributed by atoms with Crippen LogP contribution in [0.3, 0.4) is 0 Å². The molecule has 4 nitrogen and oxygen atoms in total. The number of carbonyl (C=O) groups is 1. The monoisotopic (exact) mass is 494 g/mol. The van der Waals surface area contributed by atoms with E-state index in [1.165, 1.54) is 0 Å². The van der Waals surface area contributed by atoms with Crippen LogP contribution in [0.5, 0.6) is 0 Å². The van der Waals surface area contributed by atoms with Gasteiger partial charge in [0.1, 0.15) is 6.04 Å². The molecule has 1 aliphatic heterocycles.